The summed E-state index contributed by atoms with van der Waals surface area (Å²) in [5, 5.41) is 19.6. The molecule has 0 radical (unpaired) electrons. The van der Waals surface area contributed by atoms with Crippen molar-refractivity contribution in [2.24, 2.45) is 0 Å². The van der Waals surface area contributed by atoms with Gasteiger partial charge < -0.3 is 10.6 Å². The number of anilines is 2. The van der Waals surface area contributed by atoms with Gasteiger partial charge in [-0.1, -0.05) is 36.4 Å². The Bertz CT molecular complexity index is 1220. The SMILES string of the molecule is CC(=O)NCc1ccc(-c2ccc3nc(Nc4ccccc4C#N)nn3c2)cc1. The largest absolute Gasteiger partial charge is 0.352 e. The zero-order chi connectivity index (χ0) is 20.2. The minimum atomic E-state index is -0.0486. The van der Waals surface area contributed by atoms with E-state index in [0.717, 1.165) is 16.7 Å². The van der Waals surface area contributed by atoms with Crippen LogP contribution in [-0.4, -0.2) is 20.5 Å². The van der Waals surface area contributed by atoms with Gasteiger partial charge in [-0.3, -0.25) is 4.79 Å². The van der Waals surface area contributed by atoms with Crippen molar-refractivity contribution >= 4 is 23.2 Å². The third kappa shape index (κ3) is 4.06. The lowest BCUT2D eigenvalue weighted by Crippen LogP contribution is -2.18. The van der Waals surface area contributed by atoms with Crippen LogP contribution < -0.4 is 10.6 Å². The Kier molecular flexibility index (Phi) is 4.91. The fourth-order valence-corrected chi connectivity index (χ4v) is 2.96. The van der Waals surface area contributed by atoms with Crippen molar-refractivity contribution in [2.45, 2.75) is 13.5 Å². The fraction of sp³-hybridized carbons (Fsp3) is 0.0909. The third-order valence-corrected chi connectivity index (χ3v) is 4.45. The Hall–Kier alpha value is -4.18. The molecule has 0 atom stereocenters. The van der Waals surface area contributed by atoms with Crippen LogP contribution in [0.3, 0.4) is 0 Å². The molecule has 142 valence electrons. The molecule has 0 aliphatic rings. The van der Waals surface area contributed by atoms with E-state index >= 15 is 0 Å². The van der Waals surface area contributed by atoms with E-state index in [1.807, 2.05) is 60.8 Å². The lowest BCUT2D eigenvalue weighted by Gasteiger charge is -2.05. The van der Waals surface area contributed by atoms with Crippen molar-refractivity contribution in [1.82, 2.24) is 19.9 Å². The molecule has 1 amide bonds. The molecule has 0 spiro atoms. The number of nitriles is 1. The van der Waals surface area contributed by atoms with Crippen LogP contribution in [0.4, 0.5) is 11.6 Å². The second-order valence-electron chi connectivity index (χ2n) is 6.55. The molecule has 7 heteroatoms. The summed E-state index contributed by atoms with van der Waals surface area (Å²) in [7, 11) is 0. The Morgan fingerprint density at radius 3 is 2.59 bits per heavy atom. The highest BCUT2D eigenvalue weighted by molar-refractivity contribution is 5.73. The maximum absolute atomic E-state index is 11.0. The van der Waals surface area contributed by atoms with E-state index in [2.05, 4.69) is 26.8 Å². The molecule has 0 unspecified atom stereocenters. The summed E-state index contributed by atoms with van der Waals surface area (Å²) in [5.41, 5.74) is 4.98. The number of amides is 1. The minimum Gasteiger partial charge on any atom is -0.352 e. The molecule has 2 aromatic carbocycles. The average Bonchev–Trinajstić information content (AvgIpc) is 3.14. The lowest BCUT2D eigenvalue weighted by molar-refractivity contribution is -0.119. The number of aromatic nitrogens is 3. The van der Waals surface area contributed by atoms with E-state index in [0.29, 0.717) is 29.4 Å². The van der Waals surface area contributed by atoms with Crippen molar-refractivity contribution in [3.63, 3.8) is 0 Å². The number of hydrogen-bond donors (Lipinski definition) is 2. The van der Waals surface area contributed by atoms with Gasteiger partial charge in [0.05, 0.1) is 11.3 Å². The van der Waals surface area contributed by atoms with Gasteiger partial charge in [-0.25, -0.2) is 4.52 Å². The molecular formula is C22H18N6O. The molecule has 2 N–H and O–H groups in total. The number of fused-ring (bicyclic) bond motifs is 1. The highest BCUT2D eigenvalue weighted by atomic mass is 16.1. The summed E-state index contributed by atoms with van der Waals surface area (Å²) in [6, 6.07) is 21.3. The molecule has 29 heavy (non-hydrogen) atoms. The maximum atomic E-state index is 11.0. The van der Waals surface area contributed by atoms with Crippen molar-refractivity contribution < 1.29 is 4.79 Å². The number of pyridine rings is 1. The molecule has 7 nitrogen and oxygen atoms in total. The van der Waals surface area contributed by atoms with Gasteiger partial charge in [0.2, 0.25) is 11.9 Å². The van der Waals surface area contributed by atoms with E-state index < -0.39 is 0 Å². The average molecular weight is 382 g/mol. The van der Waals surface area contributed by atoms with E-state index in [4.69, 9.17) is 0 Å². The number of nitrogens with zero attached hydrogens (tertiary/aromatic N) is 4. The van der Waals surface area contributed by atoms with E-state index in [-0.39, 0.29) is 5.91 Å². The molecule has 0 aliphatic carbocycles. The number of hydrogen-bond acceptors (Lipinski definition) is 5. The first-order valence-electron chi connectivity index (χ1n) is 9.09. The van der Waals surface area contributed by atoms with Gasteiger partial charge in [0.25, 0.3) is 0 Å². The van der Waals surface area contributed by atoms with Crippen LogP contribution in [0.1, 0.15) is 18.1 Å². The van der Waals surface area contributed by atoms with Crippen LogP contribution in [0.25, 0.3) is 16.8 Å². The summed E-state index contributed by atoms with van der Waals surface area (Å²) in [4.78, 5) is 15.5. The third-order valence-electron chi connectivity index (χ3n) is 4.45. The van der Waals surface area contributed by atoms with Crippen LogP contribution in [0.5, 0.6) is 0 Å². The maximum Gasteiger partial charge on any atom is 0.247 e. The number of nitrogens with one attached hydrogen (secondary N) is 2. The molecule has 0 bridgehead atoms. The summed E-state index contributed by atoms with van der Waals surface area (Å²) >= 11 is 0. The Labute approximate surface area is 167 Å². The van der Waals surface area contributed by atoms with Gasteiger partial charge in [-0.15, -0.1) is 5.10 Å². The Morgan fingerprint density at radius 2 is 1.83 bits per heavy atom. The van der Waals surface area contributed by atoms with Crippen LogP contribution >= 0.6 is 0 Å². The quantitative estimate of drug-likeness (QED) is 0.549. The summed E-state index contributed by atoms with van der Waals surface area (Å²) in [6.07, 6.45) is 1.91. The number of carbonyl (C=O) groups excluding carboxylic acids is 1. The monoisotopic (exact) mass is 382 g/mol. The van der Waals surface area contributed by atoms with E-state index in [1.165, 1.54) is 6.92 Å². The van der Waals surface area contributed by atoms with E-state index in [9.17, 15) is 10.1 Å². The number of para-hydroxylation sites is 1. The summed E-state index contributed by atoms with van der Waals surface area (Å²) in [6.45, 7) is 2.01. The van der Waals surface area contributed by atoms with E-state index in [1.54, 1.807) is 10.6 Å². The van der Waals surface area contributed by atoms with Crippen molar-refractivity contribution in [2.75, 3.05) is 5.32 Å². The number of carbonyl (C=O) groups is 1. The van der Waals surface area contributed by atoms with Crippen molar-refractivity contribution in [1.29, 1.82) is 5.26 Å². The summed E-state index contributed by atoms with van der Waals surface area (Å²) in [5.74, 6) is 0.378. The smallest absolute Gasteiger partial charge is 0.247 e. The summed E-state index contributed by atoms with van der Waals surface area (Å²) < 4.78 is 1.71. The Morgan fingerprint density at radius 1 is 1.07 bits per heavy atom. The van der Waals surface area contributed by atoms with Gasteiger partial charge >= 0.3 is 0 Å². The van der Waals surface area contributed by atoms with Gasteiger partial charge in [0.15, 0.2) is 5.65 Å². The number of benzene rings is 2. The van der Waals surface area contributed by atoms with Gasteiger partial charge in [-0.05, 0) is 35.4 Å². The lowest BCUT2D eigenvalue weighted by atomic mass is 10.1. The zero-order valence-electron chi connectivity index (χ0n) is 15.8. The second-order valence-corrected chi connectivity index (χ2v) is 6.55. The molecule has 4 aromatic rings. The highest BCUT2D eigenvalue weighted by Crippen LogP contribution is 2.22. The Balaban J connectivity index is 1.57. The first-order chi connectivity index (χ1) is 14.1. The molecule has 2 heterocycles. The van der Waals surface area contributed by atoms with Crippen LogP contribution in [0, 0.1) is 11.3 Å². The molecule has 2 aromatic heterocycles. The van der Waals surface area contributed by atoms with Crippen LogP contribution in [-0.2, 0) is 11.3 Å². The molecule has 0 saturated carbocycles. The highest BCUT2D eigenvalue weighted by Gasteiger charge is 2.08. The van der Waals surface area contributed by atoms with Crippen molar-refractivity contribution in [3.05, 3.63) is 78.0 Å². The van der Waals surface area contributed by atoms with Crippen molar-refractivity contribution in [3.8, 4) is 17.2 Å². The zero-order valence-corrected chi connectivity index (χ0v) is 15.8. The molecule has 4 rings (SSSR count). The van der Waals surface area contributed by atoms with Crippen LogP contribution in [0.2, 0.25) is 0 Å². The second kappa shape index (κ2) is 7.82. The number of rotatable bonds is 5. The predicted octanol–water partition coefficient (Wildman–Crippen LogP) is 3.65. The van der Waals surface area contributed by atoms with Gasteiger partial charge in [0.1, 0.15) is 6.07 Å². The molecule has 0 aliphatic heterocycles. The topological polar surface area (TPSA) is 95.1 Å². The molecule has 0 saturated heterocycles. The molecular weight excluding hydrogens is 364 g/mol. The van der Waals surface area contributed by atoms with Crippen LogP contribution in [0.15, 0.2) is 66.9 Å². The molecule has 0 fully saturated rings. The fourth-order valence-electron chi connectivity index (χ4n) is 2.96. The standard InChI is InChI=1S/C22H18N6O/c1-15(29)24-13-16-6-8-17(9-7-16)19-10-11-21-26-22(27-28(21)14-19)25-20-5-3-2-4-18(20)12-23/h2-11,14H,13H2,1H3,(H,24,29)(H,25,27). The predicted molar refractivity (Wildman–Crippen MR) is 110 cm³/mol. The first-order valence-corrected chi connectivity index (χ1v) is 9.09. The first kappa shape index (κ1) is 18.2. The minimum absolute atomic E-state index is 0.0486. The van der Waals surface area contributed by atoms with Gasteiger partial charge in [0, 0.05) is 25.2 Å². The normalized spacial score (nSPS) is 10.5. The van der Waals surface area contributed by atoms with Gasteiger partial charge in [-0.2, -0.15) is 10.2 Å².